The number of carbonyl (C=O) groups excluding carboxylic acids is 1. The topological polar surface area (TPSA) is 118 Å². The average Bonchev–Trinajstić information content (AvgIpc) is 3.51. The van der Waals surface area contributed by atoms with Crippen molar-refractivity contribution in [2.24, 2.45) is 16.2 Å². The minimum absolute atomic E-state index is 0.0648. The Balaban J connectivity index is 1.51. The zero-order chi connectivity index (χ0) is 26.0. The Kier molecular flexibility index (Phi) is 7.79. The fourth-order valence-electron chi connectivity index (χ4n) is 3.86. The van der Waals surface area contributed by atoms with Gasteiger partial charge >= 0.3 is 0 Å². The molecule has 192 valence electrons. The molecule has 0 radical (unpaired) electrons. The predicted octanol–water partition coefficient (Wildman–Crippen LogP) is 4.19. The summed E-state index contributed by atoms with van der Waals surface area (Å²) in [5, 5.41) is 8.07. The molecule has 0 saturated heterocycles. The van der Waals surface area contributed by atoms with Crippen LogP contribution in [0.5, 0.6) is 34.5 Å². The molecule has 0 aliphatic carbocycles. The minimum atomic E-state index is -0.600. The number of hydrogen-bond donors (Lipinski definition) is 1. The lowest BCUT2D eigenvalue weighted by Gasteiger charge is -2.20. The van der Waals surface area contributed by atoms with E-state index < -0.39 is 17.9 Å². The summed E-state index contributed by atoms with van der Waals surface area (Å²) in [4.78, 5) is 18.5. The number of ether oxygens (including phenoxy) is 6. The van der Waals surface area contributed by atoms with Gasteiger partial charge in [0.2, 0.25) is 18.3 Å². The van der Waals surface area contributed by atoms with Crippen LogP contribution in [0.2, 0.25) is 0 Å². The number of carbonyl (C=O) groups is 1. The second-order valence-corrected chi connectivity index (χ2v) is 9.17. The van der Waals surface area contributed by atoms with Gasteiger partial charge in [-0.25, -0.2) is 5.43 Å². The normalized spacial score (nSPS) is 18.0. The second-order valence-electron chi connectivity index (χ2n) is 7.59. The fraction of sp³-hybridized carbons (Fsp3) is 0.348. The number of nitrogens with one attached hydrogen (secondary N) is 1. The molecule has 2 aromatic rings. The number of hydrogen-bond acceptors (Lipinski definition) is 10. The molecule has 4 rings (SSSR count). The van der Waals surface area contributed by atoms with E-state index in [-0.39, 0.29) is 12.5 Å². The van der Waals surface area contributed by atoms with E-state index in [0.29, 0.717) is 54.6 Å². The van der Waals surface area contributed by atoms with E-state index in [0.717, 1.165) is 0 Å². The molecule has 2 heterocycles. The first kappa shape index (κ1) is 25.9. The maximum absolute atomic E-state index is 12.9. The molecule has 0 fully saturated rings. The van der Waals surface area contributed by atoms with Gasteiger partial charge in [-0.2, -0.15) is 5.10 Å². The van der Waals surface area contributed by atoms with Crippen molar-refractivity contribution >= 4 is 49.7 Å². The van der Waals surface area contributed by atoms with Crippen LogP contribution in [0.15, 0.2) is 31.3 Å². The Morgan fingerprint density at radius 2 is 1.67 bits per heavy atom. The van der Waals surface area contributed by atoms with Gasteiger partial charge in [-0.15, -0.1) is 0 Å². The number of methoxy groups -OCH3 is 4. The summed E-state index contributed by atoms with van der Waals surface area (Å²) in [6, 6.07) is 3.40. The number of benzene rings is 2. The van der Waals surface area contributed by atoms with Crippen molar-refractivity contribution in [1.82, 2.24) is 5.43 Å². The molecule has 0 spiro atoms. The summed E-state index contributed by atoms with van der Waals surface area (Å²) in [5.41, 5.74) is 3.97. The van der Waals surface area contributed by atoms with E-state index in [1.807, 2.05) is 6.92 Å². The third kappa shape index (κ3) is 4.52. The van der Waals surface area contributed by atoms with Gasteiger partial charge in [0.05, 0.1) is 49.5 Å². The van der Waals surface area contributed by atoms with E-state index in [1.54, 1.807) is 12.1 Å². The number of fused-ring (bicyclic) bond motifs is 1. The van der Waals surface area contributed by atoms with Crippen LogP contribution in [0.1, 0.15) is 24.2 Å². The first-order valence-electron chi connectivity index (χ1n) is 10.6. The van der Waals surface area contributed by atoms with Gasteiger partial charge < -0.3 is 33.3 Å². The van der Waals surface area contributed by atoms with Crippen molar-refractivity contribution in [3.63, 3.8) is 0 Å². The molecule has 2 aliphatic heterocycles. The Labute approximate surface area is 223 Å². The molecule has 0 unspecified atom stereocenters. The van der Waals surface area contributed by atoms with E-state index in [9.17, 15) is 4.79 Å². The highest BCUT2D eigenvalue weighted by molar-refractivity contribution is 9.11. The van der Waals surface area contributed by atoms with E-state index in [4.69, 9.17) is 33.3 Å². The smallest absolute Gasteiger partial charge is 0.289 e. The zero-order valence-corrected chi connectivity index (χ0v) is 23.2. The van der Waals surface area contributed by atoms with Crippen molar-refractivity contribution in [3.8, 4) is 34.5 Å². The van der Waals surface area contributed by atoms with Crippen molar-refractivity contribution < 1.29 is 38.1 Å². The van der Waals surface area contributed by atoms with E-state index in [2.05, 4.69) is 47.5 Å². The van der Waals surface area contributed by atoms with Gasteiger partial charge in [0.25, 0.3) is 5.91 Å². The highest BCUT2D eigenvalue weighted by Gasteiger charge is 2.41. The van der Waals surface area contributed by atoms with Crippen LogP contribution in [-0.4, -0.2) is 53.1 Å². The standard InChI is InChI=1S/C23H23Br2N3O8/c1-10-17(23(29)27-26-8-11-6-12(30-2)19(32-4)13(7-11)31-3)28-36-18(10)14-15(24)20(33-5)22-21(16(14)25)34-9-35-22/h6-8,10,18H,9H2,1-5H3,(H,27,29)/b26-8-/t10-,18+/m0/s1. The number of halogens is 2. The molecule has 0 bridgehead atoms. The minimum Gasteiger partial charge on any atom is -0.493 e. The van der Waals surface area contributed by atoms with E-state index >= 15 is 0 Å². The van der Waals surface area contributed by atoms with Gasteiger partial charge in [-0.1, -0.05) is 12.1 Å². The monoisotopic (exact) mass is 627 g/mol. The summed E-state index contributed by atoms with van der Waals surface area (Å²) in [6.07, 6.45) is 0.855. The number of nitrogens with zero attached hydrogens (tertiary/aromatic N) is 2. The van der Waals surface area contributed by atoms with Crippen LogP contribution in [0, 0.1) is 5.92 Å². The SMILES string of the molecule is COc1cc(/C=N\NC(=O)C2=NO[C@@H](c3c(Br)c(OC)c4c(c3Br)OCO4)[C@H]2C)cc(OC)c1OC. The highest BCUT2D eigenvalue weighted by atomic mass is 79.9. The van der Waals surface area contributed by atoms with Crippen molar-refractivity contribution in [2.45, 2.75) is 13.0 Å². The molecule has 0 aromatic heterocycles. The molecule has 2 aromatic carbocycles. The molecule has 2 aliphatic rings. The van der Waals surface area contributed by atoms with E-state index in [1.165, 1.54) is 34.7 Å². The summed E-state index contributed by atoms with van der Waals surface area (Å²) >= 11 is 7.13. The van der Waals surface area contributed by atoms with Gasteiger partial charge in [0.15, 0.2) is 34.8 Å². The number of rotatable bonds is 8. The summed E-state index contributed by atoms with van der Waals surface area (Å²) in [5.74, 6) is 1.89. The van der Waals surface area contributed by atoms with Gasteiger partial charge in [0, 0.05) is 11.1 Å². The second kappa shape index (κ2) is 10.8. The Bertz CT molecular complexity index is 1230. The van der Waals surface area contributed by atoms with Gasteiger partial charge in [0.1, 0.15) is 0 Å². The Morgan fingerprint density at radius 3 is 2.28 bits per heavy atom. The molecule has 13 heteroatoms. The molecular weight excluding hydrogens is 606 g/mol. The van der Waals surface area contributed by atoms with Crippen LogP contribution >= 0.6 is 31.9 Å². The molecular formula is C23H23Br2N3O8. The summed E-state index contributed by atoms with van der Waals surface area (Å²) in [6.45, 7) is 1.89. The first-order valence-corrected chi connectivity index (χ1v) is 12.2. The predicted molar refractivity (Wildman–Crippen MR) is 137 cm³/mol. The number of oxime groups is 1. The third-order valence-electron chi connectivity index (χ3n) is 5.63. The average molecular weight is 629 g/mol. The van der Waals surface area contributed by atoms with Crippen molar-refractivity contribution in [3.05, 3.63) is 32.2 Å². The van der Waals surface area contributed by atoms with Crippen LogP contribution in [-0.2, 0) is 9.63 Å². The lowest BCUT2D eigenvalue weighted by molar-refractivity contribution is -0.115. The quantitative estimate of drug-likeness (QED) is 0.342. The number of hydrazone groups is 1. The van der Waals surface area contributed by atoms with Crippen molar-refractivity contribution in [2.75, 3.05) is 35.2 Å². The zero-order valence-electron chi connectivity index (χ0n) is 20.0. The van der Waals surface area contributed by atoms with Crippen molar-refractivity contribution in [1.29, 1.82) is 0 Å². The lowest BCUT2D eigenvalue weighted by atomic mass is 9.93. The van der Waals surface area contributed by atoms with Crippen LogP contribution in [0.3, 0.4) is 0 Å². The Morgan fingerprint density at radius 1 is 1.03 bits per heavy atom. The molecule has 36 heavy (non-hydrogen) atoms. The van der Waals surface area contributed by atoms with Crippen LogP contribution in [0.4, 0.5) is 0 Å². The Hall–Kier alpha value is -3.19. The molecule has 1 amide bonds. The fourth-order valence-corrected chi connectivity index (χ4v) is 5.61. The maximum Gasteiger partial charge on any atom is 0.289 e. The lowest BCUT2D eigenvalue weighted by Crippen LogP contribution is -2.31. The summed E-state index contributed by atoms with van der Waals surface area (Å²) in [7, 11) is 6.08. The molecule has 1 N–H and O–H groups in total. The molecule has 11 nitrogen and oxygen atoms in total. The largest absolute Gasteiger partial charge is 0.493 e. The van der Waals surface area contributed by atoms with Gasteiger partial charge in [-0.3, -0.25) is 4.79 Å². The van der Waals surface area contributed by atoms with Gasteiger partial charge in [-0.05, 0) is 44.0 Å². The molecule has 0 saturated carbocycles. The highest BCUT2D eigenvalue weighted by Crippen LogP contribution is 2.55. The number of amides is 1. The maximum atomic E-state index is 12.9. The summed E-state index contributed by atoms with van der Waals surface area (Å²) < 4.78 is 33.8. The van der Waals surface area contributed by atoms with Crippen LogP contribution < -0.4 is 33.8 Å². The van der Waals surface area contributed by atoms with Crippen LogP contribution in [0.25, 0.3) is 0 Å². The third-order valence-corrected chi connectivity index (χ3v) is 7.20. The first-order chi connectivity index (χ1) is 17.4. The molecule has 2 atom stereocenters.